The van der Waals surface area contributed by atoms with Crippen LogP contribution in [0.25, 0.3) is 44.8 Å². The Bertz CT molecular complexity index is 1710. The molecule has 4 aromatic carbocycles. The van der Waals surface area contributed by atoms with Gasteiger partial charge in [-0.15, -0.1) is 0 Å². The number of carbonyl (C=O) groups is 1. The molecule has 2 N–H and O–H groups in total. The van der Waals surface area contributed by atoms with Crippen LogP contribution in [0.4, 0.5) is 5.69 Å². The standard InChI is InChI=1S/C32H23ClN4OS/c33-24-15-9-16-25(19-24)34-28(38)20-39-32-26(18-23-14-7-8-17-27(23)35-32)31-36-29(21-10-3-1-4-11-21)30(37-31)22-12-5-2-6-13-22/h1-19H,20H2,(H,34,38)(H,36,37). The van der Waals surface area contributed by atoms with Crippen molar-refractivity contribution in [3.8, 4) is 33.9 Å². The zero-order valence-electron chi connectivity index (χ0n) is 20.8. The lowest BCUT2D eigenvalue weighted by atomic mass is 10.1. The highest BCUT2D eigenvalue weighted by Crippen LogP contribution is 2.37. The van der Waals surface area contributed by atoms with E-state index in [0.29, 0.717) is 16.5 Å². The molecule has 0 bridgehead atoms. The Kier molecular flexibility index (Phi) is 7.13. The zero-order chi connectivity index (χ0) is 26.6. The van der Waals surface area contributed by atoms with Crippen molar-refractivity contribution >= 4 is 45.9 Å². The number of aromatic amines is 1. The molecule has 7 heteroatoms. The van der Waals surface area contributed by atoms with Gasteiger partial charge in [0.05, 0.1) is 28.2 Å². The molecule has 0 aliphatic rings. The second kappa shape index (κ2) is 11.2. The lowest BCUT2D eigenvalue weighted by Gasteiger charge is -2.10. The molecule has 0 spiro atoms. The molecule has 190 valence electrons. The van der Waals surface area contributed by atoms with E-state index in [0.717, 1.165) is 44.0 Å². The second-order valence-corrected chi connectivity index (χ2v) is 10.3. The lowest BCUT2D eigenvalue weighted by molar-refractivity contribution is -0.113. The molecular weight excluding hydrogens is 524 g/mol. The van der Waals surface area contributed by atoms with E-state index in [1.165, 1.54) is 11.8 Å². The Labute approximate surface area is 235 Å². The largest absolute Gasteiger partial charge is 0.337 e. The van der Waals surface area contributed by atoms with Crippen LogP contribution in [0, 0.1) is 0 Å². The quantitative estimate of drug-likeness (QED) is 0.197. The smallest absolute Gasteiger partial charge is 0.234 e. The Balaban J connectivity index is 1.40. The van der Waals surface area contributed by atoms with Crippen LogP contribution in [0.3, 0.4) is 0 Å². The van der Waals surface area contributed by atoms with E-state index in [2.05, 4.69) is 40.6 Å². The summed E-state index contributed by atoms with van der Waals surface area (Å²) in [6.45, 7) is 0. The Hall–Kier alpha value is -4.39. The summed E-state index contributed by atoms with van der Waals surface area (Å²) in [5, 5.41) is 5.20. The zero-order valence-corrected chi connectivity index (χ0v) is 22.3. The Morgan fingerprint density at radius 3 is 2.28 bits per heavy atom. The number of nitrogens with one attached hydrogen (secondary N) is 2. The molecule has 0 aliphatic heterocycles. The van der Waals surface area contributed by atoms with Crippen molar-refractivity contribution in [1.29, 1.82) is 0 Å². The van der Waals surface area contributed by atoms with E-state index in [4.69, 9.17) is 21.6 Å². The first-order chi connectivity index (χ1) is 19.1. The van der Waals surface area contributed by atoms with Crippen LogP contribution >= 0.6 is 23.4 Å². The number of anilines is 1. The van der Waals surface area contributed by atoms with Crippen LogP contribution in [-0.4, -0.2) is 26.6 Å². The molecule has 6 rings (SSSR count). The minimum atomic E-state index is -0.141. The van der Waals surface area contributed by atoms with E-state index < -0.39 is 0 Å². The van der Waals surface area contributed by atoms with E-state index in [1.807, 2.05) is 66.7 Å². The maximum absolute atomic E-state index is 12.8. The van der Waals surface area contributed by atoms with Crippen molar-refractivity contribution in [2.45, 2.75) is 5.03 Å². The normalized spacial score (nSPS) is 11.0. The van der Waals surface area contributed by atoms with Gasteiger partial charge in [0.2, 0.25) is 5.91 Å². The number of hydrogen-bond donors (Lipinski definition) is 2. The summed E-state index contributed by atoms with van der Waals surface area (Å²) in [6, 6.07) is 37.5. The topological polar surface area (TPSA) is 70.7 Å². The number of pyridine rings is 1. The number of para-hydroxylation sites is 1. The minimum Gasteiger partial charge on any atom is -0.337 e. The number of thioether (sulfide) groups is 1. The monoisotopic (exact) mass is 546 g/mol. The molecule has 1 amide bonds. The molecule has 0 saturated carbocycles. The number of fused-ring (bicyclic) bond motifs is 1. The van der Waals surface area contributed by atoms with Gasteiger partial charge in [-0.3, -0.25) is 4.79 Å². The molecule has 0 saturated heterocycles. The van der Waals surface area contributed by atoms with Gasteiger partial charge >= 0.3 is 0 Å². The first-order valence-corrected chi connectivity index (χ1v) is 13.8. The maximum atomic E-state index is 12.8. The van der Waals surface area contributed by atoms with Gasteiger partial charge in [0.25, 0.3) is 0 Å². The highest BCUT2D eigenvalue weighted by molar-refractivity contribution is 8.00. The third-order valence-electron chi connectivity index (χ3n) is 6.21. The average molecular weight is 547 g/mol. The van der Waals surface area contributed by atoms with E-state index in [-0.39, 0.29) is 11.7 Å². The van der Waals surface area contributed by atoms with Crippen molar-refractivity contribution in [3.63, 3.8) is 0 Å². The number of hydrogen-bond acceptors (Lipinski definition) is 4. The van der Waals surface area contributed by atoms with Crippen LogP contribution in [0.2, 0.25) is 5.02 Å². The van der Waals surface area contributed by atoms with Crippen molar-refractivity contribution in [1.82, 2.24) is 15.0 Å². The number of nitrogens with zero attached hydrogens (tertiary/aromatic N) is 2. The SMILES string of the molecule is O=C(CSc1nc2ccccc2cc1-c1nc(-c2ccccc2)c(-c2ccccc2)[nH]1)Nc1cccc(Cl)c1. The maximum Gasteiger partial charge on any atom is 0.234 e. The number of rotatable bonds is 7. The fourth-order valence-electron chi connectivity index (χ4n) is 4.39. The summed E-state index contributed by atoms with van der Waals surface area (Å²) in [7, 11) is 0. The molecule has 0 fully saturated rings. The van der Waals surface area contributed by atoms with Crippen LogP contribution in [0.1, 0.15) is 0 Å². The summed E-state index contributed by atoms with van der Waals surface area (Å²) in [5.41, 5.74) is 6.21. The molecule has 0 aliphatic carbocycles. The molecular formula is C32H23ClN4OS. The Morgan fingerprint density at radius 1 is 0.795 bits per heavy atom. The molecule has 0 radical (unpaired) electrons. The predicted octanol–water partition coefficient (Wildman–Crippen LogP) is 8.34. The van der Waals surface area contributed by atoms with Crippen molar-refractivity contribution in [2.24, 2.45) is 0 Å². The van der Waals surface area contributed by atoms with Gasteiger partial charge in [-0.1, -0.05) is 108 Å². The van der Waals surface area contributed by atoms with Crippen LogP contribution in [-0.2, 0) is 4.79 Å². The third-order valence-corrected chi connectivity index (χ3v) is 7.43. The number of H-pyrrole nitrogens is 1. The first-order valence-electron chi connectivity index (χ1n) is 12.4. The molecule has 39 heavy (non-hydrogen) atoms. The number of amides is 1. The van der Waals surface area contributed by atoms with E-state index >= 15 is 0 Å². The second-order valence-electron chi connectivity index (χ2n) is 8.92. The number of imidazole rings is 1. The third kappa shape index (κ3) is 5.58. The fourth-order valence-corrected chi connectivity index (χ4v) is 5.40. The molecule has 0 unspecified atom stereocenters. The molecule has 6 aromatic rings. The van der Waals surface area contributed by atoms with Crippen molar-refractivity contribution in [2.75, 3.05) is 11.1 Å². The van der Waals surface area contributed by atoms with Gasteiger partial charge < -0.3 is 10.3 Å². The Morgan fingerprint density at radius 2 is 1.51 bits per heavy atom. The highest BCUT2D eigenvalue weighted by atomic mass is 35.5. The van der Waals surface area contributed by atoms with E-state index in [9.17, 15) is 4.79 Å². The summed E-state index contributed by atoms with van der Waals surface area (Å²) < 4.78 is 0. The summed E-state index contributed by atoms with van der Waals surface area (Å²) in [5.74, 6) is 0.740. The number of benzene rings is 4. The van der Waals surface area contributed by atoms with Gasteiger partial charge in [-0.2, -0.15) is 0 Å². The van der Waals surface area contributed by atoms with Crippen LogP contribution < -0.4 is 5.32 Å². The van der Waals surface area contributed by atoms with Crippen LogP contribution in [0.15, 0.2) is 120 Å². The van der Waals surface area contributed by atoms with Gasteiger partial charge in [0, 0.05) is 27.2 Å². The average Bonchev–Trinajstić information content (AvgIpc) is 3.42. The predicted molar refractivity (Wildman–Crippen MR) is 161 cm³/mol. The molecule has 5 nitrogen and oxygen atoms in total. The van der Waals surface area contributed by atoms with Gasteiger partial charge in [0.15, 0.2) is 0 Å². The molecule has 2 heterocycles. The van der Waals surface area contributed by atoms with E-state index in [1.54, 1.807) is 18.2 Å². The fraction of sp³-hybridized carbons (Fsp3) is 0.0312. The minimum absolute atomic E-state index is 0.141. The van der Waals surface area contributed by atoms with Gasteiger partial charge in [-0.05, 0) is 30.3 Å². The summed E-state index contributed by atoms with van der Waals surface area (Å²) in [4.78, 5) is 26.4. The van der Waals surface area contributed by atoms with Crippen molar-refractivity contribution in [3.05, 3.63) is 120 Å². The number of halogens is 1. The highest BCUT2D eigenvalue weighted by Gasteiger charge is 2.19. The first kappa shape index (κ1) is 24.9. The summed E-state index contributed by atoms with van der Waals surface area (Å²) in [6.07, 6.45) is 0. The van der Waals surface area contributed by atoms with Gasteiger partial charge in [-0.25, -0.2) is 9.97 Å². The van der Waals surface area contributed by atoms with Crippen LogP contribution in [0.5, 0.6) is 0 Å². The number of carbonyl (C=O) groups excluding carboxylic acids is 1. The molecule has 2 aromatic heterocycles. The summed E-state index contributed by atoms with van der Waals surface area (Å²) >= 11 is 7.45. The molecule has 0 atom stereocenters. The lowest BCUT2D eigenvalue weighted by Crippen LogP contribution is -2.14. The van der Waals surface area contributed by atoms with Crippen molar-refractivity contribution < 1.29 is 4.79 Å². The number of aromatic nitrogens is 3. The van der Waals surface area contributed by atoms with Gasteiger partial charge in [0.1, 0.15) is 10.9 Å².